The third-order valence-electron chi connectivity index (χ3n) is 2.12. The summed E-state index contributed by atoms with van der Waals surface area (Å²) < 4.78 is 0. The number of carboxylic acids is 1. The Morgan fingerprint density at radius 1 is 1.47 bits per heavy atom. The minimum atomic E-state index is -1.01. The van der Waals surface area contributed by atoms with Gasteiger partial charge in [-0.25, -0.2) is 14.8 Å². The van der Waals surface area contributed by atoms with Crippen molar-refractivity contribution in [2.24, 2.45) is 0 Å². The summed E-state index contributed by atoms with van der Waals surface area (Å²) in [6, 6.07) is 1.77. The molecule has 0 bridgehead atoms. The van der Waals surface area contributed by atoms with Crippen molar-refractivity contribution in [1.29, 1.82) is 0 Å². The van der Waals surface area contributed by atoms with Gasteiger partial charge in [0.2, 0.25) is 0 Å². The van der Waals surface area contributed by atoms with Gasteiger partial charge in [0.05, 0.1) is 11.4 Å². The van der Waals surface area contributed by atoms with Crippen molar-refractivity contribution < 1.29 is 9.90 Å². The van der Waals surface area contributed by atoms with Crippen molar-refractivity contribution in [2.75, 3.05) is 0 Å². The van der Waals surface area contributed by atoms with Gasteiger partial charge in [-0.15, -0.1) is 0 Å². The van der Waals surface area contributed by atoms with E-state index in [1.807, 2.05) is 0 Å². The molecule has 2 heterocycles. The maximum absolute atomic E-state index is 11.0. The Morgan fingerprint density at radius 2 is 2.27 bits per heavy atom. The monoisotopic (exact) mass is 203 g/mol. The van der Waals surface area contributed by atoms with E-state index in [0.29, 0.717) is 11.4 Å². The minimum absolute atomic E-state index is 0.150. The Balaban J connectivity index is 2.66. The predicted molar refractivity (Wildman–Crippen MR) is 53.5 cm³/mol. The van der Waals surface area contributed by atoms with E-state index in [2.05, 4.69) is 15.0 Å². The van der Waals surface area contributed by atoms with Crippen LogP contribution >= 0.6 is 0 Å². The average molecular weight is 203 g/mol. The van der Waals surface area contributed by atoms with Crippen molar-refractivity contribution in [3.05, 3.63) is 36.0 Å². The largest absolute Gasteiger partial charge is 0.478 e. The van der Waals surface area contributed by atoms with Crippen LogP contribution in [0.25, 0.3) is 11.3 Å². The molecule has 0 atom stereocenters. The van der Waals surface area contributed by atoms with Crippen LogP contribution in [-0.4, -0.2) is 26.0 Å². The molecule has 2 aromatic heterocycles. The molecule has 0 aromatic carbocycles. The molecule has 76 valence electrons. The Bertz CT molecular complexity index is 491. The summed E-state index contributed by atoms with van der Waals surface area (Å²) in [7, 11) is 0. The second-order valence-corrected chi connectivity index (χ2v) is 3.09. The lowest BCUT2D eigenvalue weighted by molar-refractivity contribution is 0.0696. The maximum atomic E-state index is 11.0. The SMILES string of the molecule is Cc1ncnc(-c2cc[nH]c2)c1C(=O)O. The fourth-order valence-electron chi connectivity index (χ4n) is 1.42. The quantitative estimate of drug-likeness (QED) is 0.774. The molecule has 0 radical (unpaired) electrons. The molecule has 0 saturated heterocycles. The van der Waals surface area contributed by atoms with Gasteiger partial charge in [-0.3, -0.25) is 0 Å². The molecule has 5 nitrogen and oxygen atoms in total. The van der Waals surface area contributed by atoms with Crippen LogP contribution < -0.4 is 0 Å². The number of aromatic nitrogens is 3. The molecule has 0 unspecified atom stereocenters. The lowest BCUT2D eigenvalue weighted by Gasteiger charge is -2.04. The van der Waals surface area contributed by atoms with Gasteiger partial charge in [-0.1, -0.05) is 0 Å². The Hall–Kier alpha value is -2.17. The number of H-pyrrole nitrogens is 1. The van der Waals surface area contributed by atoms with E-state index in [-0.39, 0.29) is 5.56 Å². The van der Waals surface area contributed by atoms with Gasteiger partial charge in [0, 0.05) is 18.0 Å². The van der Waals surface area contributed by atoms with E-state index >= 15 is 0 Å². The van der Waals surface area contributed by atoms with Crippen LogP contribution in [0.2, 0.25) is 0 Å². The Kier molecular flexibility index (Phi) is 2.21. The second kappa shape index (κ2) is 3.53. The number of nitrogens with one attached hydrogen (secondary N) is 1. The first kappa shape index (κ1) is 9.39. The van der Waals surface area contributed by atoms with Crippen molar-refractivity contribution in [2.45, 2.75) is 6.92 Å². The third kappa shape index (κ3) is 1.59. The van der Waals surface area contributed by atoms with Crippen molar-refractivity contribution in [3.63, 3.8) is 0 Å². The molecular formula is C10H9N3O2. The van der Waals surface area contributed by atoms with E-state index in [1.54, 1.807) is 25.4 Å². The highest BCUT2D eigenvalue weighted by Crippen LogP contribution is 2.21. The molecule has 0 saturated carbocycles. The number of hydrogen-bond donors (Lipinski definition) is 2. The van der Waals surface area contributed by atoms with Gasteiger partial charge in [0.15, 0.2) is 0 Å². The first-order chi connectivity index (χ1) is 7.20. The average Bonchev–Trinajstić information content (AvgIpc) is 2.69. The molecule has 0 amide bonds. The van der Waals surface area contributed by atoms with Crippen LogP contribution in [0.4, 0.5) is 0 Å². The molecular weight excluding hydrogens is 194 g/mol. The highest BCUT2D eigenvalue weighted by atomic mass is 16.4. The van der Waals surface area contributed by atoms with Crippen LogP contribution in [-0.2, 0) is 0 Å². The van der Waals surface area contributed by atoms with E-state index < -0.39 is 5.97 Å². The van der Waals surface area contributed by atoms with Crippen molar-refractivity contribution in [3.8, 4) is 11.3 Å². The standard InChI is InChI=1S/C10H9N3O2/c1-6-8(10(14)15)9(13-5-12-6)7-2-3-11-4-7/h2-5,11H,1H3,(H,14,15). The fraction of sp³-hybridized carbons (Fsp3) is 0.100. The number of aryl methyl sites for hydroxylation is 1. The number of hydrogen-bond acceptors (Lipinski definition) is 3. The van der Waals surface area contributed by atoms with Crippen LogP contribution in [0.3, 0.4) is 0 Å². The zero-order chi connectivity index (χ0) is 10.8. The Morgan fingerprint density at radius 3 is 2.87 bits per heavy atom. The number of rotatable bonds is 2. The van der Waals surface area contributed by atoms with Gasteiger partial charge in [0.25, 0.3) is 0 Å². The molecule has 5 heteroatoms. The van der Waals surface area contributed by atoms with E-state index in [9.17, 15) is 4.79 Å². The molecule has 0 aliphatic heterocycles. The van der Waals surface area contributed by atoms with E-state index in [1.165, 1.54) is 6.33 Å². The summed E-state index contributed by atoms with van der Waals surface area (Å²) in [5.74, 6) is -1.01. The summed E-state index contributed by atoms with van der Waals surface area (Å²) in [5.41, 5.74) is 1.81. The van der Waals surface area contributed by atoms with E-state index in [0.717, 1.165) is 5.56 Å². The zero-order valence-electron chi connectivity index (χ0n) is 8.06. The first-order valence-electron chi connectivity index (χ1n) is 4.38. The summed E-state index contributed by atoms with van der Waals surface area (Å²) in [6.45, 7) is 1.65. The normalized spacial score (nSPS) is 10.2. The van der Waals surface area contributed by atoms with Gasteiger partial charge in [-0.2, -0.15) is 0 Å². The Labute approximate surface area is 85.8 Å². The van der Waals surface area contributed by atoms with Gasteiger partial charge < -0.3 is 10.1 Å². The van der Waals surface area contributed by atoms with Crippen LogP contribution in [0.15, 0.2) is 24.8 Å². The number of carboxylic acid groups (broad SMARTS) is 1. The molecule has 0 spiro atoms. The number of nitrogens with zero attached hydrogens (tertiary/aromatic N) is 2. The molecule has 0 fully saturated rings. The predicted octanol–water partition coefficient (Wildman–Crippen LogP) is 1.48. The summed E-state index contributed by atoms with van der Waals surface area (Å²) in [6.07, 6.45) is 4.79. The van der Waals surface area contributed by atoms with Crippen LogP contribution in [0.5, 0.6) is 0 Å². The first-order valence-corrected chi connectivity index (χ1v) is 4.38. The van der Waals surface area contributed by atoms with E-state index in [4.69, 9.17) is 5.11 Å². The number of carbonyl (C=O) groups is 1. The third-order valence-corrected chi connectivity index (χ3v) is 2.12. The fourth-order valence-corrected chi connectivity index (χ4v) is 1.42. The lowest BCUT2D eigenvalue weighted by atomic mass is 10.1. The summed E-state index contributed by atoms with van der Waals surface area (Å²) in [4.78, 5) is 21.8. The number of aromatic carboxylic acids is 1. The van der Waals surface area contributed by atoms with Gasteiger partial charge in [0.1, 0.15) is 11.9 Å². The second-order valence-electron chi connectivity index (χ2n) is 3.09. The maximum Gasteiger partial charge on any atom is 0.339 e. The zero-order valence-corrected chi connectivity index (χ0v) is 8.06. The molecule has 0 aliphatic rings. The topological polar surface area (TPSA) is 78.9 Å². The van der Waals surface area contributed by atoms with Gasteiger partial charge >= 0.3 is 5.97 Å². The van der Waals surface area contributed by atoms with Crippen molar-refractivity contribution >= 4 is 5.97 Å². The summed E-state index contributed by atoms with van der Waals surface area (Å²) >= 11 is 0. The smallest absolute Gasteiger partial charge is 0.339 e. The molecule has 2 rings (SSSR count). The molecule has 15 heavy (non-hydrogen) atoms. The molecule has 0 aliphatic carbocycles. The lowest BCUT2D eigenvalue weighted by Crippen LogP contribution is -2.06. The molecule has 2 aromatic rings. The van der Waals surface area contributed by atoms with Crippen LogP contribution in [0.1, 0.15) is 16.1 Å². The summed E-state index contributed by atoms with van der Waals surface area (Å²) in [5, 5.41) is 9.06. The van der Waals surface area contributed by atoms with Crippen molar-refractivity contribution in [1.82, 2.24) is 15.0 Å². The van der Waals surface area contributed by atoms with Gasteiger partial charge in [-0.05, 0) is 13.0 Å². The number of aromatic amines is 1. The highest BCUT2D eigenvalue weighted by molar-refractivity contribution is 5.95. The van der Waals surface area contributed by atoms with Crippen LogP contribution in [0, 0.1) is 6.92 Å². The highest BCUT2D eigenvalue weighted by Gasteiger charge is 2.16. The molecule has 2 N–H and O–H groups in total. The minimum Gasteiger partial charge on any atom is -0.478 e.